The van der Waals surface area contributed by atoms with Gasteiger partial charge in [-0.2, -0.15) is 0 Å². The fourth-order valence-electron chi connectivity index (χ4n) is 1.52. The molecule has 2 nitrogen and oxygen atoms in total. The first kappa shape index (κ1) is 11.0. The van der Waals surface area contributed by atoms with Crippen LogP contribution in [0.1, 0.15) is 17.5 Å². The van der Waals surface area contributed by atoms with Crippen LogP contribution in [0, 0.1) is 6.92 Å². The molecule has 1 aromatic rings. The van der Waals surface area contributed by atoms with Crippen molar-refractivity contribution in [3.8, 4) is 0 Å². The predicted octanol–water partition coefficient (Wildman–Crippen LogP) is 3.49. The summed E-state index contributed by atoms with van der Waals surface area (Å²) in [7, 11) is 0. The second kappa shape index (κ2) is 4.54. The lowest BCUT2D eigenvalue weighted by molar-refractivity contribution is 0.102. The maximum Gasteiger partial charge on any atom is 0.146 e. The number of halogens is 2. The standard InChI is InChI=1S/C11H11BrClNO/c1-7-2-3-9(10(12)4-7)11-5-8(6-13)15-14-11/h2-4,8H,5-6H2,1H3. The molecule has 15 heavy (non-hydrogen) atoms. The van der Waals surface area contributed by atoms with Crippen LogP contribution in [0.5, 0.6) is 0 Å². The summed E-state index contributed by atoms with van der Waals surface area (Å²) in [5.74, 6) is 0.483. The molecular weight excluding hydrogens is 277 g/mol. The summed E-state index contributed by atoms with van der Waals surface area (Å²) >= 11 is 9.25. The van der Waals surface area contributed by atoms with E-state index in [1.807, 2.05) is 0 Å². The topological polar surface area (TPSA) is 21.6 Å². The molecule has 0 radical (unpaired) electrons. The molecule has 0 saturated heterocycles. The fraction of sp³-hybridized carbons (Fsp3) is 0.364. The highest BCUT2D eigenvalue weighted by Crippen LogP contribution is 2.24. The Labute approximate surface area is 102 Å². The SMILES string of the molecule is Cc1ccc(C2=NOC(CCl)C2)c(Br)c1. The maximum absolute atomic E-state index is 5.72. The minimum atomic E-state index is 0.0230. The van der Waals surface area contributed by atoms with Gasteiger partial charge in [0.15, 0.2) is 0 Å². The molecule has 1 unspecified atom stereocenters. The second-order valence-corrected chi connectivity index (χ2v) is 4.77. The Bertz CT molecular complexity index is 406. The number of aryl methyl sites for hydroxylation is 1. The van der Waals surface area contributed by atoms with Crippen LogP contribution >= 0.6 is 27.5 Å². The number of hydrogen-bond acceptors (Lipinski definition) is 2. The molecule has 0 spiro atoms. The first-order valence-corrected chi connectivity index (χ1v) is 6.08. The third-order valence-corrected chi connectivity index (χ3v) is 3.34. The van der Waals surface area contributed by atoms with Gasteiger partial charge in [-0.05, 0) is 18.6 Å². The first-order chi connectivity index (χ1) is 7.20. The van der Waals surface area contributed by atoms with Crippen LogP contribution in [-0.2, 0) is 4.84 Å². The van der Waals surface area contributed by atoms with Crippen LogP contribution in [0.15, 0.2) is 27.8 Å². The monoisotopic (exact) mass is 287 g/mol. The van der Waals surface area contributed by atoms with Crippen LogP contribution < -0.4 is 0 Å². The molecular formula is C11H11BrClNO. The van der Waals surface area contributed by atoms with Gasteiger partial charge >= 0.3 is 0 Å². The summed E-state index contributed by atoms with van der Waals surface area (Å²) in [5, 5.41) is 4.05. The van der Waals surface area contributed by atoms with Gasteiger partial charge < -0.3 is 4.84 Å². The van der Waals surface area contributed by atoms with Crippen molar-refractivity contribution < 1.29 is 4.84 Å². The fourth-order valence-corrected chi connectivity index (χ4v) is 2.41. The van der Waals surface area contributed by atoms with E-state index in [4.69, 9.17) is 16.4 Å². The van der Waals surface area contributed by atoms with Crippen molar-refractivity contribution in [1.82, 2.24) is 0 Å². The van der Waals surface area contributed by atoms with Gasteiger partial charge in [0.2, 0.25) is 0 Å². The summed E-state index contributed by atoms with van der Waals surface area (Å²) in [6, 6.07) is 6.20. The summed E-state index contributed by atoms with van der Waals surface area (Å²) in [5.41, 5.74) is 3.28. The van der Waals surface area contributed by atoms with Crippen LogP contribution in [-0.4, -0.2) is 17.7 Å². The molecule has 0 aliphatic carbocycles. The molecule has 0 aromatic heterocycles. The zero-order chi connectivity index (χ0) is 10.8. The summed E-state index contributed by atoms with van der Waals surface area (Å²) < 4.78 is 1.06. The van der Waals surface area contributed by atoms with Crippen LogP contribution in [0.25, 0.3) is 0 Å². The third kappa shape index (κ3) is 2.34. The first-order valence-electron chi connectivity index (χ1n) is 4.76. The Hall–Kier alpha value is -0.540. The number of alkyl halides is 1. The maximum atomic E-state index is 5.72. The molecule has 1 atom stereocenters. The van der Waals surface area contributed by atoms with E-state index < -0.39 is 0 Å². The third-order valence-electron chi connectivity index (χ3n) is 2.34. The Morgan fingerprint density at radius 1 is 1.60 bits per heavy atom. The Balaban J connectivity index is 2.24. The van der Waals surface area contributed by atoms with Crippen LogP contribution in [0.3, 0.4) is 0 Å². The highest BCUT2D eigenvalue weighted by molar-refractivity contribution is 9.10. The van der Waals surface area contributed by atoms with E-state index in [9.17, 15) is 0 Å². The minimum absolute atomic E-state index is 0.0230. The van der Waals surface area contributed by atoms with Gasteiger partial charge in [-0.15, -0.1) is 11.6 Å². The Kier molecular flexibility index (Phi) is 3.32. The second-order valence-electron chi connectivity index (χ2n) is 3.61. The molecule has 0 N–H and O–H groups in total. The van der Waals surface area contributed by atoms with Gasteiger partial charge in [-0.1, -0.05) is 33.2 Å². The van der Waals surface area contributed by atoms with E-state index in [1.165, 1.54) is 5.56 Å². The van der Waals surface area contributed by atoms with E-state index in [-0.39, 0.29) is 6.10 Å². The molecule has 0 bridgehead atoms. The van der Waals surface area contributed by atoms with E-state index in [1.54, 1.807) is 0 Å². The number of rotatable bonds is 2. The average molecular weight is 289 g/mol. The van der Waals surface area contributed by atoms with Gasteiger partial charge in [-0.3, -0.25) is 0 Å². The van der Waals surface area contributed by atoms with Gasteiger partial charge in [0.25, 0.3) is 0 Å². The van der Waals surface area contributed by atoms with E-state index >= 15 is 0 Å². The Morgan fingerprint density at radius 3 is 3.00 bits per heavy atom. The number of nitrogens with zero attached hydrogens (tertiary/aromatic N) is 1. The average Bonchev–Trinajstić information content (AvgIpc) is 2.66. The molecule has 0 amide bonds. The molecule has 1 aliphatic heterocycles. The van der Waals surface area contributed by atoms with Crippen molar-refractivity contribution in [3.63, 3.8) is 0 Å². The van der Waals surface area contributed by atoms with Crippen molar-refractivity contribution in [1.29, 1.82) is 0 Å². The van der Waals surface area contributed by atoms with E-state index in [2.05, 4.69) is 46.2 Å². The van der Waals surface area contributed by atoms with Crippen molar-refractivity contribution in [2.24, 2.45) is 5.16 Å². The summed E-state index contributed by atoms with van der Waals surface area (Å²) in [4.78, 5) is 5.19. The molecule has 1 aliphatic rings. The largest absolute Gasteiger partial charge is 0.391 e. The van der Waals surface area contributed by atoms with Crippen LogP contribution in [0.4, 0.5) is 0 Å². The molecule has 4 heteroatoms. The lowest BCUT2D eigenvalue weighted by Crippen LogP contribution is -2.09. The quantitative estimate of drug-likeness (QED) is 0.763. The zero-order valence-electron chi connectivity index (χ0n) is 8.34. The van der Waals surface area contributed by atoms with Crippen molar-refractivity contribution in [2.75, 3.05) is 5.88 Å². The lowest BCUT2D eigenvalue weighted by Gasteiger charge is -2.04. The number of oxime groups is 1. The summed E-state index contributed by atoms with van der Waals surface area (Å²) in [6.45, 7) is 2.06. The van der Waals surface area contributed by atoms with Gasteiger partial charge in [0.1, 0.15) is 6.10 Å². The zero-order valence-corrected chi connectivity index (χ0v) is 10.7. The predicted molar refractivity (Wildman–Crippen MR) is 65.6 cm³/mol. The van der Waals surface area contributed by atoms with E-state index in [0.717, 1.165) is 22.2 Å². The van der Waals surface area contributed by atoms with Crippen molar-refractivity contribution in [3.05, 3.63) is 33.8 Å². The molecule has 0 saturated carbocycles. The number of hydrogen-bond donors (Lipinski definition) is 0. The lowest BCUT2D eigenvalue weighted by atomic mass is 10.0. The smallest absolute Gasteiger partial charge is 0.146 e. The minimum Gasteiger partial charge on any atom is -0.391 e. The van der Waals surface area contributed by atoms with Gasteiger partial charge in [-0.25, -0.2) is 0 Å². The molecule has 1 heterocycles. The van der Waals surface area contributed by atoms with Gasteiger partial charge in [0, 0.05) is 16.5 Å². The molecule has 0 fully saturated rings. The van der Waals surface area contributed by atoms with Crippen molar-refractivity contribution in [2.45, 2.75) is 19.4 Å². The Morgan fingerprint density at radius 2 is 2.40 bits per heavy atom. The normalized spacial score (nSPS) is 19.9. The van der Waals surface area contributed by atoms with Gasteiger partial charge in [0.05, 0.1) is 11.6 Å². The number of benzene rings is 1. The highest BCUT2D eigenvalue weighted by Gasteiger charge is 2.22. The molecule has 2 rings (SSSR count). The van der Waals surface area contributed by atoms with Crippen molar-refractivity contribution >= 4 is 33.2 Å². The molecule has 80 valence electrons. The molecule has 1 aromatic carbocycles. The highest BCUT2D eigenvalue weighted by atomic mass is 79.9. The van der Waals surface area contributed by atoms with Crippen LogP contribution in [0.2, 0.25) is 0 Å². The summed E-state index contributed by atoms with van der Waals surface area (Å²) in [6.07, 6.45) is 0.806. The van der Waals surface area contributed by atoms with E-state index in [0.29, 0.717) is 5.88 Å².